The second-order valence-corrected chi connectivity index (χ2v) is 5.88. The van der Waals surface area contributed by atoms with E-state index in [1.165, 1.54) is 11.0 Å². The van der Waals surface area contributed by atoms with Crippen LogP contribution in [0.1, 0.15) is 5.56 Å². The standard InChI is InChI=1S/C19H19NO3S/c1-20(16-6-4-3-5-7-16)18(21)14-23-19(22)13-10-15-8-11-17(24-2)12-9-15/h3-13H,14H2,1-2H3/b13-10+. The van der Waals surface area contributed by atoms with Crippen molar-refractivity contribution in [3.8, 4) is 0 Å². The Morgan fingerprint density at radius 2 is 1.75 bits per heavy atom. The Balaban J connectivity index is 1.83. The molecule has 124 valence electrons. The Morgan fingerprint density at radius 3 is 2.38 bits per heavy atom. The SMILES string of the molecule is CSc1ccc(/C=C/C(=O)OCC(=O)N(C)c2ccccc2)cc1. The molecule has 2 aromatic rings. The molecule has 2 aromatic carbocycles. The highest BCUT2D eigenvalue weighted by Crippen LogP contribution is 2.15. The lowest BCUT2D eigenvalue weighted by atomic mass is 10.2. The van der Waals surface area contributed by atoms with Crippen molar-refractivity contribution >= 4 is 35.4 Å². The third-order valence-electron chi connectivity index (χ3n) is 3.38. The summed E-state index contributed by atoms with van der Waals surface area (Å²) in [6.07, 6.45) is 4.99. The summed E-state index contributed by atoms with van der Waals surface area (Å²) >= 11 is 1.66. The third kappa shape index (κ3) is 5.28. The van der Waals surface area contributed by atoms with E-state index in [-0.39, 0.29) is 12.5 Å². The number of anilines is 1. The highest BCUT2D eigenvalue weighted by molar-refractivity contribution is 7.98. The van der Waals surface area contributed by atoms with Gasteiger partial charge in [0.15, 0.2) is 6.61 Å². The molecule has 0 unspecified atom stereocenters. The van der Waals surface area contributed by atoms with E-state index in [4.69, 9.17) is 4.74 Å². The maximum atomic E-state index is 12.0. The molecule has 0 aromatic heterocycles. The van der Waals surface area contributed by atoms with E-state index in [0.717, 1.165) is 16.1 Å². The number of carbonyl (C=O) groups is 2. The number of hydrogen-bond acceptors (Lipinski definition) is 4. The summed E-state index contributed by atoms with van der Waals surface area (Å²) in [6, 6.07) is 17.0. The summed E-state index contributed by atoms with van der Waals surface area (Å²) in [7, 11) is 1.65. The molecule has 0 aliphatic carbocycles. The number of esters is 1. The molecule has 0 N–H and O–H groups in total. The highest BCUT2D eigenvalue weighted by atomic mass is 32.2. The number of rotatable bonds is 6. The quantitative estimate of drug-likeness (QED) is 0.457. The van der Waals surface area contributed by atoms with Gasteiger partial charge in [0.2, 0.25) is 0 Å². The van der Waals surface area contributed by atoms with Gasteiger partial charge in [-0.05, 0) is 42.2 Å². The van der Waals surface area contributed by atoms with Gasteiger partial charge in [0, 0.05) is 23.7 Å². The van der Waals surface area contributed by atoms with Crippen molar-refractivity contribution in [3.63, 3.8) is 0 Å². The molecular formula is C19H19NO3S. The molecule has 1 amide bonds. The van der Waals surface area contributed by atoms with Crippen LogP contribution in [-0.4, -0.2) is 31.8 Å². The molecule has 0 spiro atoms. The fraction of sp³-hybridized carbons (Fsp3) is 0.158. The first-order valence-corrected chi connectivity index (χ1v) is 8.63. The summed E-state index contributed by atoms with van der Waals surface area (Å²) in [5, 5.41) is 0. The number of amides is 1. The first-order chi connectivity index (χ1) is 11.6. The first-order valence-electron chi connectivity index (χ1n) is 7.40. The molecule has 0 bridgehead atoms. The van der Waals surface area contributed by atoms with Gasteiger partial charge in [-0.1, -0.05) is 30.3 Å². The number of nitrogens with zero attached hydrogens (tertiary/aromatic N) is 1. The van der Waals surface area contributed by atoms with Gasteiger partial charge in [0.25, 0.3) is 5.91 Å². The van der Waals surface area contributed by atoms with E-state index in [1.807, 2.05) is 60.9 Å². The molecule has 5 heteroatoms. The van der Waals surface area contributed by atoms with E-state index in [0.29, 0.717) is 0 Å². The molecule has 0 saturated heterocycles. The lowest BCUT2D eigenvalue weighted by molar-refractivity contribution is -0.142. The van der Waals surface area contributed by atoms with E-state index < -0.39 is 5.97 Å². The number of likely N-dealkylation sites (N-methyl/N-ethyl adjacent to an activating group) is 1. The monoisotopic (exact) mass is 341 g/mol. The maximum absolute atomic E-state index is 12.0. The van der Waals surface area contributed by atoms with Crippen LogP contribution in [0.5, 0.6) is 0 Å². The number of ether oxygens (including phenoxy) is 1. The Labute approximate surface area is 146 Å². The average molecular weight is 341 g/mol. The van der Waals surface area contributed by atoms with Gasteiger partial charge in [0.05, 0.1) is 0 Å². The second-order valence-electron chi connectivity index (χ2n) is 5.00. The third-order valence-corrected chi connectivity index (χ3v) is 4.13. The predicted molar refractivity (Wildman–Crippen MR) is 98.1 cm³/mol. The molecule has 0 atom stereocenters. The van der Waals surface area contributed by atoms with Crippen molar-refractivity contribution in [1.29, 1.82) is 0 Å². The largest absolute Gasteiger partial charge is 0.452 e. The van der Waals surface area contributed by atoms with E-state index in [2.05, 4.69) is 0 Å². The van der Waals surface area contributed by atoms with Gasteiger partial charge >= 0.3 is 5.97 Å². The second kappa shape index (κ2) is 8.93. The van der Waals surface area contributed by atoms with Crippen LogP contribution in [0.2, 0.25) is 0 Å². The topological polar surface area (TPSA) is 46.6 Å². The molecule has 0 aliphatic heterocycles. The van der Waals surface area contributed by atoms with Gasteiger partial charge < -0.3 is 9.64 Å². The molecule has 0 aliphatic rings. The lowest BCUT2D eigenvalue weighted by Crippen LogP contribution is -2.30. The summed E-state index contributed by atoms with van der Waals surface area (Å²) in [5.41, 5.74) is 1.65. The molecule has 0 saturated carbocycles. The van der Waals surface area contributed by atoms with Crippen molar-refractivity contribution in [1.82, 2.24) is 0 Å². The van der Waals surface area contributed by atoms with Crippen LogP contribution in [0.4, 0.5) is 5.69 Å². The van der Waals surface area contributed by atoms with Crippen molar-refractivity contribution in [2.75, 3.05) is 24.8 Å². The Bertz CT molecular complexity index is 711. The van der Waals surface area contributed by atoms with Crippen LogP contribution in [-0.2, 0) is 14.3 Å². The van der Waals surface area contributed by atoms with Gasteiger partial charge in [-0.2, -0.15) is 0 Å². The number of para-hydroxylation sites is 1. The van der Waals surface area contributed by atoms with Gasteiger partial charge in [-0.15, -0.1) is 11.8 Å². The van der Waals surface area contributed by atoms with Crippen LogP contribution < -0.4 is 4.90 Å². The lowest BCUT2D eigenvalue weighted by Gasteiger charge is -2.16. The molecule has 0 heterocycles. The number of hydrogen-bond donors (Lipinski definition) is 0. The van der Waals surface area contributed by atoms with Gasteiger partial charge in [0.1, 0.15) is 0 Å². The first kappa shape index (κ1) is 17.8. The Morgan fingerprint density at radius 1 is 1.08 bits per heavy atom. The van der Waals surface area contributed by atoms with Crippen LogP contribution in [0.25, 0.3) is 6.08 Å². The maximum Gasteiger partial charge on any atom is 0.331 e. The average Bonchev–Trinajstić information content (AvgIpc) is 2.64. The fourth-order valence-corrected chi connectivity index (χ4v) is 2.36. The summed E-state index contributed by atoms with van der Waals surface area (Å²) in [4.78, 5) is 26.3. The minimum absolute atomic E-state index is 0.285. The molecule has 24 heavy (non-hydrogen) atoms. The number of thioether (sulfide) groups is 1. The Hall–Kier alpha value is -2.53. The molecule has 0 radical (unpaired) electrons. The molecule has 2 rings (SSSR count). The number of benzene rings is 2. The van der Waals surface area contributed by atoms with E-state index in [9.17, 15) is 9.59 Å². The van der Waals surface area contributed by atoms with Crippen molar-refractivity contribution in [2.24, 2.45) is 0 Å². The van der Waals surface area contributed by atoms with Gasteiger partial charge in [-0.3, -0.25) is 4.79 Å². The fourth-order valence-electron chi connectivity index (χ4n) is 1.95. The zero-order valence-corrected chi connectivity index (χ0v) is 14.5. The minimum atomic E-state index is -0.543. The van der Waals surface area contributed by atoms with Crippen LogP contribution in [0, 0.1) is 0 Å². The van der Waals surface area contributed by atoms with Crippen molar-refractivity contribution in [3.05, 3.63) is 66.2 Å². The highest BCUT2D eigenvalue weighted by Gasteiger charge is 2.12. The molecule has 4 nitrogen and oxygen atoms in total. The zero-order valence-electron chi connectivity index (χ0n) is 13.6. The van der Waals surface area contributed by atoms with Crippen LogP contribution in [0.15, 0.2) is 65.6 Å². The van der Waals surface area contributed by atoms with Gasteiger partial charge in [-0.25, -0.2) is 4.79 Å². The minimum Gasteiger partial charge on any atom is -0.452 e. The smallest absolute Gasteiger partial charge is 0.331 e. The number of carbonyl (C=O) groups excluding carboxylic acids is 2. The zero-order chi connectivity index (χ0) is 17.4. The molecule has 0 fully saturated rings. The summed E-state index contributed by atoms with van der Waals surface area (Å²) < 4.78 is 4.99. The summed E-state index contributed by atoms with van der Waals surface area (Å²) in [5.74, 6) is -0.828. The normalized spacial score (nSPS) is 10.6. The van der Waals surface area contributed by atoms with Crippen molar-refractivity contribution in [2.45, 2.75) is 4.90 Å². The van der Waals surface area contributed by atoms with Crippen LogP contribution >= 0.6 is 11.8 Å². The predicted octanol–water partition coefficient (Wildman–Crippen LogP) is 3.63. The van der Waals surface area contributed by atoms with Crippen LogP contribution in [0.3, 0.4) is 0 Å². The Kier molecular flexibility index (Phi) is 6.63. The van der Waals surface area contributed by atoms with Crippen molar-refractivity contribution < 1.29 is 14.3 Å². The molecular weight excluding hydrogens is 322 g/mol. The summed E-state index contributed by atoms with van der Waals surface area (Å²) in [6.45, 7) is -0.292. The van der Waals surface area contributed by atoms with E-state index in [1.54, 1.807) is 24.9 Å². The van der Waals surface area contributed by atoms with E-state index >= 15 is 0 Å².